The predicted octanol–water partition coefficient (Wildman–Crippen LogP) is 3.27. The molecule has 0 bridgehead atoms. The Morgan fingerprint density at radius 3 is 3.09 bits per heavy atom. The Morgan fingerprint density at radius 1 is 1.35 bits per heavy atom. The van der Waals surface area contributed by atoms with Crippen LogP contribution < -0.4 is 4.74 Å². The van der Waals surface area contributed by atoms with E-state index in [-0.39, 0.29) is 0 Å². The quantitative estimate of drug-likeness (QED) is 0.798. The Hall–Kier alpha value is -2.27. The van der Waals surface area contributed by atoms with Gasteiger partial charge in [-0.1, -0.05) is 18.2 Å². The van der Waals surface area contributed by atoms with E-state index in [0.29, 0.717) is 12.3 Å². The third-order valence-corrected chi connectivity index (χ3v) is 4.07. The number of carbonyl (C=O) groups is 1. The molecule has 0 unspecified atom stereocenters. The van der Waals surface area contributed by atoms with Crippen LogP contribution in [0, 0.1) is 0 Å². The van der Waals surface area contributed by atoms with Crippen LogP contribution in [0.25, 0.3) is 0 Å². The molecule has 0 saturated heterocycles. The molecule has 3 rings (SSSR count). The molecule has 2 heterocycles. The monoisotopic (exact) mass is 315 g/mol. The van der Waals surface area contributed by atoms with Gasteiger partial charge in [0.15, 0.2) is 0 Å². The number of nitrogens with zero attached hydrogens (tertiary/aromatic N) is 1. The minimum atomic E-state index is -0.655. The maximum atomic E-state index is 11.2. The van der Waals surface area contributed by atoms with Crippen molar-refractivity contribution in [1.82, 2.24) is 4.90 Å². The van der Waals surface area contributed by atoms with Crippen molar-refractivity contribution in [2.24, 2.45) is 0 Å². The van der Waals surface area contributed by atoms with E-state index in [2.05, 4.69) is 15.7 Å². The number of ether oxygens (including phenoxy) is 3. The van der Waals surface area contributed by atoms with E-state index in [0.717, 1.165) is 38.1 Å². The molecule has 122 valence electrons. The van der Waals surface area contributed by atoms with Crippen LogP contribution in [0.1, 0.15) is 18.4 Å². The molecular formula is C18H21NO4. The molecule has 2 aliphatic rings. The topological polar surface area (TPSA) is 48.0 Å². The van der Waals surface area contributed by atoms with E-state index in [4.69, 9.17) is 9.47 Å². The fraction of sp³-hybridized carbons (Fsp3) is 0.389. The molecule has 0 radical (unpaired) electrons. The highest BCUT2D eigenvalue weighted by molar-refractivity contribution is 5.61. The molecule has 0 fully saturated rings. The smallest absolute Gasteiger partial charge is 0.465 e. The maximum absolute atomic E-state index is 11.2. The van der Waals surface area contributed by atoms with Gasteiger partial charge in [-0.3, -0.25) is 4.90 Å². The number of fused-ring (bicyclic) bond motifs is 1. The SMILES string of the molecule is COC(=O)OC1=CCCN(CCC2=COc3ccccc3C2)C1. The van der Waals surface area contributed by atoms with Gasteiger partial charge in [0.25, 0.3) is 0 Å². The highest BCUT2D eigenvalue weighted by Gasteiger charge is 2.18. The van der Waals surface area contributed by atoms with Gasteiger partial charge >= 0.3 is 6.16 Å². The van der Waals surface area contributed by atoms with E-state index in [9.17, 15) is 4.79 Å². The second-order valence-corrected chi connectivity index (χ2v) is 5.72. The summed E-state index contributed by atoms with van der Waals surface area (Å²) in [6.45, 7) is 2.53. The molecular weight excluding hydrogens is 294 g/mol. The molecule has 1 aromatic carbocycles. The third-order valence-electron chi connectivity index (χ3n) is 4.07. The standard InChI is InChI=1S/C18H21NO4/c1-21-18(20)23-16-6-4-9-19(12-16)10-8-14-11-15-5-2-3-7-17(15)22-13-14/h2-3,5-7,13H,4,8-12H2,1H3. The number of para-hydroxylation sites is 1. The van der Waals surface area contributed by atoms with Crippen molar-refractivity contribution in [2.75, 3.05) is 26.7 Å². The minimum Gasteiger partial charge on any atom is -0.465 e. The molecule has 0 amide bonds. The molecule has 0 aromatic heterocycles. The van der Waals surface area contributed by atoms with Crippen LogP contribution >= 0.6 is 0 Å². The Bertz CT molecular complexity index is 636. The first kappa shape index (κ1) is 15.6. The summed E-state index contributed by atoms with van der Waals surface area (Å²) in [5.41, 5.74) is 2.52. The van der Waals surface area contributed by atoms with Crippen LogP contribution in [0.3, 0.4) is 0 Å². The molecule has 0 atom stereocenters. The fourth-order valence-electron chi connectivity index (χ4n) is 2.83. The average molecular weight is 315 g/mol. The summed E-state index contributed by atoms with van der Waals surface area (Å²) in [6, 6.07) is 8.13. The van der Waals surface area contributed by atoms with Gasteiger partial charge in [0, 0.05) is 19.5 Å². The van der Waals surface area contributed by atoms with E-state index in [1.807, 2.05) is 30.5 Å². The van der Waals surface area contributed by atoms with Crippen molar-refractivity contribution >= 4 is 6.16 Å². The summed E-state index contributed by atoms with van der Waals surface area (Å²) < 4.78 is 15.3. The molecule has 0 N–H and O–H groups in total. The highest BCUT2D eigenvalue weighted by Crippen LogP contribution is 2.27. The number of hydrogen-bond donors (Lipinski definition) is 0. The zero-order valence-electron chi connectivity index (χ0n) is 13.3. The van der Waals surface area contributed by atoms with Crippen LogP contribution in [0.5, 0.6) is 5.75 Å². The van der Waals surface area contributed by atoms with Crippen molar-refractivity contribution < 1.29 is 19.0 Å². The first-order chi connectivity index (χ1) is 11.2. The van der Waals surface area contributed by atoms with Gasteiger partial charge in [0.05, 0.1) is 19.9 Å². The van der Waals surface area contributed by atoms with Gasteiger partial charge in [-0.15, -0.1) is 0 Å². The zero-order valence-corrected chi connectivity index (χ0v) is 13.3. The molecule has 0 spiro atoms. The zero-order chi connectivity index (χ0) is 16.1. The Labute approximate surface area is 136 Å². The van der Waals surface area contributed by atoms with Crippen LogP contribution in [0.4, 0.5) is 4.79 Å². The predicted molar refractivity (Wildman–Crippen MR) is 86.1 cm³/mol. The lowest BCUT2D eigenvalue weighted by molar-refractivity contribution is 0.0873. The van der Waals surface area contributed by atoms with Crippen LogP contribution in [-0.2, 0) is 15.9 Å². The molecule has 0 aliphatic carbocycles. The number of methoxy groups -OCH3 is 1. The van der Waals surface area contributed by atoms with Crippen molar-refractivity contribution in [3.05, 3.63) is 53.5 Å². The van der Waals surface area contributed by atoms with Crippen molar-refractivity contribution in [1.29, 1.82) is 0 Å². The molecule has 0 saturated carbocycles. The van der Waals surface area contributed by atoms with Crippen molar-refractivity contribution in [3.63, 3.8) is 0 Å². The van der Waals surface area contributed by atoms with Gasteiger partial charge in [-0.05, 0) is 36.1 Å². The lowest BCUT2D eigenvalue weighted by atomic mass is 10.0. The first-order valence-electron chi connectivity index (χ1n) is 7.84. The minimum absolute atomic E-state index is 0.639. The first-order valence-corrected chi connectivity index (χ1v) is 7.84. The van der Waals surface area contributed by atoms with Gasteiger partial charge in [-0.25, -0.2) is 4.79 Å². The summed E-state index contributed by atoms with van der Waals surface area (Å²) in [4.78, 5) is 13.5. The molecule has 5 heteroatoms. The average Bonchev–Trinajstić information content (AvgIpc) is 2.60. The van der Waals surface area contributed by atoms with E-state index in [1.165, 1.54) is 18.2 Å². The molecule has 5 nitrogen and oxygen atoms in total. The summed E-state index contributed by atoms with van der Waals surface area (Å²) in [6.07, 6.45) is 5.93. The summed E-state index contributed by atoms with van der Waals surface area (Å²) in [5, 5.41) is 0. The Morgan fingerprint density at radius 2 is 2.22 bits per heavy atom. The van der Waals surface area contributed by atoms with E-state index < -0.39 is 6.16 Å². The lowest BCUT2D eigenvalue weighted by Gasteiger charge is -2.27. The lowest BCUT2D eigenvalue weighted by Crippen LogP contribution is -2.32. The number of hydrogen-bond acceptors (Lipinski definition) is 5. The maximum Gasteiger partial charge on any atom is 0.513 e. The largest absolute Gasteiger partial charge is 0.513 e. The van der Waals surface area contributed by atoms with Crippen LogP contribution in [-0.4, -0.2) is 37.8 Å². The van der Waals surface area contributed by atoms with Crippen LogP contribution in [0.2, 0.25) is 0 Å². The summed E-state index contributed by atoms with van der Waals surface area (Å²) in [5.74, 6) is 1.62. The van der Waals surface area contributed by atoms with Crippen molar-refractivity contribution in [3.8, 4) is 5.75 Å². The van der Waals surface area contributed by atoms with Gasteiger partial charge in [0.1, 0.15) is 11.5 Å². The van der Waals surface area contributed by atoms with Crippen LogP contribution in [0.15, 0.2) is 47.9 Å². The molecule has 1 aromatic rings. The Balaban J connectivity index is 1.49. The summed E-state index contributed by atoms with van der Waals surface area (Å²) in [7, 11) is 1.32. The summed E-state index contributed by atoms with van der Waals surface area (Å²) >= 11 is 0. The Kier molecular flexibility index (Phi) is 4.98. The highest BCUT2D eigenvalue weighted by atomic mass is 16.7. The number of benzene rings is 1. The number of carbonyl (C=O) groups excluding carboxylic acids is 1. The normalized spacial score (nSPS) is 17.4. The van der Waals surface area contributed by atoms with Crippen molar-refractivity contribution in [2.45, 2.75) is 19.3 Å². The number of rotatable bonds is 4. The van der Waals surface area contributed by atoms with Gasteiger partial charge in [-0.2, -0.15) is 0 Å². The van der Waals surface area contributed by atoms with E-state index >= 15 is 0 Å². The molecule has 23 heavy (non-hydrogen) atoms. The second-order valence-electron chi connectivity index (χ2n) is 5.72. The van der Waals surface area contributed by atoms with Gasteiger partial charge < -0.3 is 14.2 Å². The fourth-order valence-corrected chi connectivity index (χ4v) is 2.83. The molecule has 2 aliphatic heterocycles. The second kappa shape index (κ2) is 7.33. The van der Waals surface area contributed by atoms with Gasteiger partial charge in [0.2, 0.25) is 0 Å². The third kappa shape index (κ3) is 4.13. The van der Waals surface area contributed by atoms with E-state index in [1.54, 1.807) is 0 Å².